The summed E-state index contributed by atoms with van der Waals surface area (Å²) < 4.78 is 0. The molecule has 2 atom stereocenters. The quantitative estimate of drug-likeness (QED) is 0.778. The minimum absolute atomic E-state index is 0.0109. The van der Waals surface area contributed by atoms with Crippen LogP contribution in [0, 0.1) is 11.8 Å². The van der Waals surface area contributed by atoms with Crippen molar-refractivity contribution in [2.24, 2.45) is 11.8 Å². The minimum atomic E-state index is -0.160. The molecule has 1 rings (SSSR count). The number of rotatable bonds is 4. The Kier molecular flexibility index (Phi) is 4.33. The number of amides is 2. The van der Waals surface area contributed by atoms with E-state index in [4.69, 9.17) is 0 Å². The van der Waals surface area contributed by atoms with Crippen LogP contribution in [0.15, 0.2) is 0 Å². The summed E-state index contributed by atoms with van der Waals surface area (Å²) in [6, 6.07) is 0.239. The van der Waals surface area contributed by atoms with Gasteiger partial charge in [-0.3, -0.25) is 9.59 Å². The van der Waals surface area contributed by atoms with E-state index < -0.39 is 0 Å². The van der Waals surface area contributed by atoms with Gasteiger partial charge in [-0.2, -0.15) is 0 Å². The monoisotopic (exact) mass is 226 g/mol. The van der Waals surface area contributed by atoms with Crippen molar-refractivity contribution in [3.05, 3.63) is 0 Å². The first-order valence-corrected chi connectivity index (χ1v) is 5.95. The molecule has 0 spiro atoms. The number of hydrogen-bond donors (Lipinski definition) is 1. The second-order valence-electron chi connectivity index (χ2n) is 5.13. The number of carbonyl (C=O) groups is 2. The average Bonchev–Trinajstić information content (AvgIpc) is 2.61. The van der Waals surface area contributed by atoms with E-state index in [9.17, 15) is 9.59 Å². The summed E-state index contributed by atoms with van der Waals surface area (Å²) in [7, 11) is 1.83. The van der Waals surface area contributed by atoms with Gasteiger partial charge in [-0.25, -0.2) is 0 Å². The van der Waals surface area contributed by atoms with Gasteiger partial charge >= 0.3 is 0 Å². The highest BCUT2D eigenvalue weighted by molar-refractivity contribution is 5.89. The van der Waals surface area contributed by atoms with Crippen molar-refractivity contribution in [1.82, 2.24) is 10.2 Å². The highest BCUT2D eigenvalue weighted by atomic mass is 16.2. The summed E-state index contributed by atoms with van der Waals surface area (Å²) >= 11 is 0. The second-order valence-corrected chi connectivity index (χ2v) is 5.13. The maximum absolute atomic E-state index is 12.0. The molecular formula is C12H22N2O2. The zero-order valence-electron chi connectivity index (χ0n) is 10.6. The number of nitrogens with zero attached hydrogens (tertiary/aromatic N) is 1. The Bertz CT molecular complexity index is 276. The van der Waals surface area contributed by atoms with Crippen molar-refractivity contribution in [3.8, 4) is 0 Å². The Morgan fingerprint density at radius 1 is 1.50 bits per heavy atom. The van der Waals surface area contributed by atoms with Gasteiger partial charge in [0.25, 0.3) is 0 Å². The number of carbonyl (C=O) groups excluding carboxylic acids is 2. The third-order valence-corrected chi connectivity index (χ3v) is 3.15. The van der Waals surface area contributed by atoms with Crippen LogP contribution in [-0.4, -0.2) is 36.3 Å². The van der Waals surface area contributed by atoms with E-state index in [1.54, 1.807) is 4.90 Å². The fourth-order valence-electron chi connectivity index (χ4n) is 2.13. The fraction of sp³-hybridized carbons (Fsp3) is 0.833. The standard InChI is InChI=1S/C12H22N2O2/c1-8(2)5-9(3)14(4)12(16)10-6-11(15)13-7-10/h8-10H,5-7H2,1-4H3,(H,13,15). The molecule has 0 aromatic carbocycles. The first kappa shape index (κ1) is 13.0. The Labute approximate surface area is 97.4 Å². The van der Waals surface area contributed by atoms with Crippen molar-refractivity contribution in [3.63, 3.8) is 0 Å². The normalized spacial score (nSPS) is 22.1. The first-order chi connectivity index (χ1) is 7.41. The lowest BCUT2D eigenvalue weighted by Gasteiger charge is -2.28. The number of hydrogen-bond acceptors (Lipinski definition) is 2. The van der Waals surface area contributed by atoms with Crippen LogP contribution in [0.5, 0.6) is 0 Å². The van der Waals surface area contributed by atoms with Gasteiger partial charge in [0.05, 0.1) is 5.92 Å². The van der Waals surface area contributed by atoms with Gasteiger partial charge in [0.15, 0.2) is 0 Å². The van der Waals surface area contributed by atoms with E-state index >= 15 is 0 Å². The van der Waals surface area contributed by atoms with Crippen LogP contribution in [-0.2, 0) is 9.59 Å². The van der Waals surface area contributed by atoms with Crippen LogP contribution >= 0.6 is 0 Å². The molecule has 0 aliphatic carbocycles. The van der Waals surface area contributed by atoms with E-state index in [1.807, 2.05) is 7.05 Å². The van der Waals surface area contributed by atoms with Gasteiger partial charge in [-0.05, 0) is 19.3 Å². The fourth-order valence-corrected chi connectivity index (χ4v) is 2.13. The van der Waals surface area contributed by atoms with E-state index in [1.165, 1.54) is 0 Å². The summed E-state index contributed by atoms with van der Waals surface area (Å²) in [5.74, 6) is 0.496. The largest absolute Gasteiger partial charge is 0.355 e. The SMILES string of the molecule is CC(C)CC(C)N(C)C(=O)C1CNC(=O)C1. The van der Waals surface area contributed by atoms with Crippen LogP contribution in [0.1, 0.15) is 33.6 Å². The molecular weight excluding hydrogens is 204 g/mol. The smallest absolute Gasteiger partial charge is 0.227 e. The predicted molar refractivity (Wildman–Crippen MR) is 62.8 cm³/mol. The van der Waals surface area contributed by atoms with E-state index in [-0.39, 0.29) is 23.8 Å². The molecule has 2 unspecified atom stereocenters. The lowest BCUT2D eigenvalue weighted by atomic mass is 10.0. The lowest BCUT2D eigenvalue weighted by molar-refractivity contribution is -0.136. The molecule has 4 nitrogen and oxygen atoms in total. The highest BCUT2D eigenvalue weighted by Gasteiger charge is 2.31. The molecule has 1 saturated heterocycles. The van der Waals surface area contributed by atoms with Crippen molar-refractivity contribution in [2.75, 3.05) is 13.6 Å². The molecule has 0 radical (unpaired) electrons. The second kappa shape index (κ2) is 5.32. The van der Waals surface area contributed by atoms with Crippen molar-refractivity contribution < 1.29 is 9.59 Å². The summed E-state index contributed by atoms with van der Waals surface area (Å²) in [5.41, 5.74) is 0. The summed E-state index contributed by atoms with van der Waals surface area (Å²) in [6.45, 7) is 6.85. The van der Waals surface area contributed by atoms with Crippen LogP contribution in [0.4, 0.5) is 0 Å². The highest BCUT2D eigenvalue weighted by Crippen LogP contribution is 2.16. The summed E-state index contributed by atoms with van der Waals surface area (Å²) in [4.78, 5) is 24.9. The molecule has 1 N–H and O–H groups in total. The number of nitrogens with one attached hydrogen (secondary N) is 1. The first-order valence-electron chi connectivity index (χ1n) is 5.95. The molecule has 1 fully saturated rings. The van der Waals surface area contributed by atoms with Crippen molar-refractivity contribution in [2.45, 2.75) is 39.7 Å². The van der Waals surface area contributed by atoms with Crippen LogP contribution in [0.2, 0.25) is 0 Å². The molecule has 1 aliphatic rings. The summed E-state index contributed by atoms with van der Waals surface area (Å²) in [6.07, 6.45) is 1.34. The van der Waals surface area contributed by atoms with Gasteiger partial charge in [0, 0.05) is 26.1 Å². The third-order valence-electron chi connectivity index (χ3n) is 3.15. The van der Waals surface area contributed by atoms with Gasteiger partial charge in [0.1, 0.15) is 0 Å². The van der Waals surface area contributed by atoms with Crippen molar-refractivity contribution >= 4 is 11.8 Å². The van der Waals surface area contributed by atoms with E-state index in [2.05, 4.69) is 26.1 Å². The molecule has 0 aromatic heterocycles. The maximum atomic E-state index is 12.0. The lowest BCUT2D eigenvalue weighted by Crippen LogP contribution is -2.40. The molecule has 92 valence electrons. The van der Waals surface area contributed by atoms with Gasteiger partial charge in [0.2, 0.25) is 11.8 Å². The zero-order chi connectivity index (χ0) is 12.3. The van der Waals surface area contributed by atoms with Gasteiger partial charge < -0.3 is 10.2 Å². The molecule has 0 saturated carbocycles. The van der Waals surface area contributed by atoms with E-state index in [0.717, 1.165) is 6.42 Å². The topological polar surface area (TPSA) is 49.4 Å². The van der Waals surface area contributed by atoms with Crippen molar-refractivity contribution in [1.29, 1.82) is 0 Å². The molecule has 16 heavy (non-hydrogen) atoms. The molecule has 1 aliphatic heterocycles. The Morgan fingerprint density at radius 3 is 2.56 bits per heavy atom. The zero-order valence-corrected chi connectivity index (χ0v) is 10.6. The maximum Gasteiger partial charge on any atom is 0.227 e. The van der Waals surface area contributed by atoms with Crippen LogP contribution in [0.3, 0.4) is 0 Å². The molecule has 2 amide bonds. The third kappa shape index (κ3) is 3.22. The molecule has 0 bridgehead atoms. The van der Waals surface area contributed by atoms with Gasteiger partial charge in [-0.15, -0.1) is 0 Å². The predicted octanol–water partition coefficient (Wildman–Crippen LogP) is 1.02. The Morgan fingerprint density at radius 2 is 2.12 bits per heavy atom. The Hall–Kier alpha value is -1.06. The Balaban J connectivity index is 2.49. The summed E-state index contributed by atoms with van der Waals surface area (Å²) in [5, 5.41) is 2.70. The molecule has 0 aromatic rings. The van der Waals surface area contributed by atoms with Crippen LogP contribution < -0.4 is 5.32 Å². The van der Waals surface area contributed by atoms with Crippen LogP contribution in [0.25, 0.3) is 0 Å². The van der Waals surface area contributed by atoms with Gasteiger partial charge in [-0.1, -0.05) is 13.8 Å². The molecule has 1 heterocycles. The minimum Gasteiger partial charge on any atom is -0.355 e. The average molecular weight is 226 g/mol. The molecule has 4 heteroatoms. The van der Waals surface area contributed by atoms with E-state index in [0.29, 0.717) is 18.9 Å².